The van der Waals surface area contributed by atoms with Gasteiger partial charge < -0.3 is 9.52 Å². The fraction of sp³-hybridized carbons (Fsp3) is 0.308. The molecule has 6 nitrogen and oxygen atoms in total. The van der Waals surface area contributed by atoms with Crippen LogP contribution in [0.3, 0.4) is 0 Å². The monoisotopic (exact) mass is 295 g/mol. The zero-order valence-corrected chi connectivity index (χ0v) is 11.3. The van der Waals surface area contributed by atoms with Crippen molar-refractivity contribution in [3.05, 3.63) is 30.5 Å². The van der Waals surface area contributed by atoms with Crippen molar-refractivity contribution in [1.29, 1.82) is 0 Å². The summed E-state index contributed by atoms with van der Waals surface area (Å²) in [6, 6.07) is 6.59. The Morgan fingerprint density at radius 1 is 1.35 bits per heavy atom. The molecule has 7 heteroatoms. The molecule has 106 valence electrons. The van der Waals surface area contributed by atoms with Crippen LogP contribution in [0.2, 0.25) is 0 Å². The molecule has 1 aliphatic rings. The average molecular weight is 295 g/mol. The summed E-state index contributed by atoms with van der Waals surface area (Å²) in [4.78, 5) is 11.0. The molecule has 0 bridgehead atoms. The van der Waals surface area contributed by atoms with Crippen LogP contribution >= 0.6 is 0 Å². The molecule has 0 amide bonds. The second-order valence-electron chi connectivity index (χ2n) is 4.78. The van der Waals surface area contributed by atoms with E-state index in [1.54, 1.807) is 18.2 Å². The Balaban J connectivity index is 2.01. The van der Waals surface area contributed by atoms with Crippen LogP contribution in [0.15, 0.2) is 39.8 Å². The molecular formula is C13H13NO5S. The van der Waals surface area contributed by atoms with E-state index in [1.807, 2.05) is 0 Å². The molecule has 1 fully saturated rings. The Hall–Kier alpha value is -1.86. The van der Waals surface area contributed by atoms with Gasteiger partial charge in [0.05, 0.1) is 12.2 Å². The SMILES string of the molecule is O=C(O)C1CCN(S(=O)(=O)c2cccc3ccoc23)C1. The van der Waals surface area contributed by atoms with E-state index >= 15 is 0 Å². The largest absolute Gasteiger partial charge is 0.481 e. The Labute approximate surface area is 115 Å². The number of rotatable bonds is 3. The van der Waals surface area contributed by atoms with Crippen molar-refractivity contribution < 1.29 is 22.7 Å². The van der Waals surface area contributed by atoms with Crippen molar-refractivity contribution in [2.75, 3.05) is 13.1 Å². The fourth-order valence-corrected chi connectivity index (χ4v) is 4.11. The molecule has 2 aromatic rings. The summed E-state index contributed by atoms with van der Waals surface area (Å²) in [5.74, 6) is -1.60. The molecule has 1 aromatic carbocycles. The number of carboxylic acids is 1. The molecule has 1 saturated heterocycles. The summed E-state index contributed by atoms with van der Waals surface area (Å²) in [7, 11) is -3.73. The number of carboxylic acid groups (broad SMARTS) is 1. The first-order valence-corrected chi connectivity index (χ1v) is 7.63. The summed E-state index contributed by atoms with van der Waals surface area (Å²) in [5, 5.41) is 9.67. The van der Waals surface area contributed by atoms with Gasteiger partial charge in [0.2, 0.25) is 10.0 Å². The third-order valence-corrected chi connectivity index (χ3v) is 5.45. The number of benzene rings is 1. The molecule has 0 spiro atoms. The van der Waals surface area contributed by atoms with E-state index in [2.05, 4.69) is 0 Å². The molecule has 1 atom stereocenters. The predicted molar refractivity (Wildman–Crippen MR) is 70.7 cm³/mol. The maximum atomic E-state index is 12.6. The average Bonchev–Trinajstić information content (AvgIpc) is 3.07. The normalized spacial score (nSPS) is 20.5. The summed E-state index contributed by atoms with van der Waals surface area (Å²) < 4.78 is 31.6. The second kappa shape index (κ2) is 4.60. The van der Waals surface area contributed by atoms with Gasteiger partial charge in [0, 0.05) is 18.5 Å². The van der Waals surface area contributed by atoms with Crippen LogP contribution in [0.25, 0.3) is 11.0 Å². The van der Waals surface area contributed by atoms with Crippen molar-refractivity contribution in [1.82, 2.24) is 4.31 Å². The van der Waals surface area contributed by atoms with Gasteiger partial charge in [-0.3, -0.25) is 4.79 Å². The van der Waals surface area contributed by atoms with Crippen molar-refractivity contribution in [3.63, 3.8) is 0 Å². The van der Waals surface area contributed by atoms with Crippen LogP contribution in [0.4, 0.5) is 0 Å². The lowest BCUT2D eigenvalue weighted by atomic mass is 10.1. The zero-order valence-electron chi connectivity index (χ0n) is 10.5. The van der Waals surface area contributed by atoms with Gasteiger partial charge in [-0.15, -0.1) is 0 Å². The summed E-state index contributed by atoms with van der Waals surface area (Å²) >= 11 is 0. The van der Waals surface area contributed by atoms with Gasteiger partial charge in [-0.05, 0) is 18.6 Å². The highest BCUT2D eigenvalue weighted by Crippen LogP contribution is 2.29. The number of sulfonamides is 1. The van der Waals surface area contributed by atoms with Gasteiger partial charge in [0.25, 0.3) is 0 Å². The first kappa shape index (κ1) is 13.1. The highest BCUT2D eigenvalue weighted by Gasteiger charge is 2.36. The van der Waals surface area contributed by atoms with Gasteiger partial charge in [-0.25, -0.2) is 8.42 Å². The van der Waals surface area contributed by atoms with E-state index in [9.17, 15) is 13.2 Å². The summed E-state index contributed by atoms with van der Waals surface area (Å²) in [6.45, 7) is 0.227. The molecular weight excluding hydrogens is 282 g/mol. The topological polar surface area (TPSA) is 87.8 Å². The first-order chi connectivity index (χ1) is 9.50. The van der Waals surface area contributed by atoms with Gasteiger partial charge in [-0.2, -0.15) is 4.31 Å². The number of fused-ring (bicyclic) bond motifs is 1. The smallest absolute Gasteiger partial charge is 0.307 e. The molecule has 0 aliphatic carbocycles. The van der Waals surface area contributed by atoms with Gasteiger partial charge in [0.1, 0.15) is 4.90 Å². The first-order valence-electron chi connectivity index (χ1n) is 6.19. The lowest BCUT2D eigenvalue weighted by Gasteiger charge is -2.16. The maximum Gasteiger partial charge on any atom is 0.307 e. The third kappa shape index (κ3) is 1.99. The van der Waals surface area contributed by atoms with Crippen LogP contribution < -0.4 is 0 Å². The van der Waals surface area contributed by atoms with Gasteiger partial charge in [0.15, 0.2) is 5.58 Å². The third-order valence-electron chi connectivity index (χ3n) is 3.56. The number of aliphatic carboxylic acids is 1. The lowest BCUT2D eigenvalue weighted by molar-refractivity contribution is -0.141. The molecule has 0 radical (unpaired) electrons. The minimum absolute atomic E-state index is 0.00869. The predicted octanol–water partition coefficient (Wildman–Crippen LogP) is 1.53. The molecule has 2 heterocycles. The van der Waals surface area contributed by atoms with E-state index in [0.29, 0.717) is 17.4 Å². The fourth-order valence-electron chi connectivity index (χ4n) is 2.46. The number of hydrogen-bond donors (Lipinski definition) is 1. The van der Waals surface area contributed by atoms with E-state index in [-0.39, 0.29) is 18.0 Å². The minimum atomic E-state index is -3.73. The Bertz CT molecular complexity index is 764. The van der Waals surface area contributed by atoms with Crippen LogP contribution in [0, 0.1) is 5.92 Å². The number of furan rings is 1. The molecule has 20 heavy (non-hydrogen) atoms. The van der Waals surface area contributed by atoms with Crippen molar-refractivity contribution in [2.24, 2.45) is 5.92 Å². The summed E-state index contributed by atoms with van der Waals surface area (Å²) in [6.07, 6.45) is 1.77. The summed E-state index contributed by atoms with van der Waals surface area (Å²) in [5.41, 5.74) is 0.311. The number of para-hydroxylation sites is 1. The number of hydrogen-bond acceptors (Lipinski definition) is 4. The number of nitrogens with zero attached hydrogens (tertiary/aromatic N) is 1. The standard InChI is InChI=1S/C13H13NO5S/c15-13(16)10-4-6-14(8-10)20(17,18)11-3-1-2-9-5-7-19-12(9)11/h1-3,5,7,10H,4,6,8H2,(H,15,16). The Kier molecular flexibility index (Phi) is 3.02. The van der Waals surface area contributed by atoms with Crippen molar-refractivity contribution >= 4 is 27.0 Å². The van der Waals surface area contributed by atoms with E-state index < -0.39 is 21.9 Å². The minimum Gasteiger partial charge on any atom is -0.481 e. The molecule has 0 saturated carbocycles. The van der Waals surface area contributed by atoms with Crippen LogP contribution in [-0.4, -0.2) is 36.9 Å². The van der Waals surface area contributed by atoms with Crippen LogP contribution in [-0.2, 0) is 14.8 Å². The van der Waals surface area contributed by atoms with E-state index in [4.69, 9.17) is 9.52 Å². The second-order valence-corrected chi connectivity index (χ2v) is 6.69. The van der Waals surface area contributed by atoms with Gasteiger partial charge in [-0.1, -0.05) is 12.1 Å². The zero-order chi connectivity index (χ0) is 14.3. The molecule has 1 aliphatic heterocycles. The highest BCUT2D eigenvalue weighted by atomic mass is 32.2. The van der Waals surface area contributed by atoms with Crippen molar-refractivity contribution in [3.8, 4) is 0 Å². The van der Waals surface area contributed by atoms with Gasteiger partial charge >= 0.3 is 5.97 Å². The number of carbonyl (C=O) groups is 1. The van der Waals surface area contributed by atoms with Crippen LogP contribution in [0.5, 0.6) is 0 Å². The molecule has 1 N–H and O–H groups in total. The Morgan fingerprint density at radius 3 is 2.85 bits per heavy atom. The molecule has 1 unspecified atom stereocenters. The van der Waals surface area contributed by atoms with Crippen LogP contribution in [0.1, 0.15) is 6.42 Å². The molecule has 1 aromatic heterocycles. The van der Waals surface area contributed by atoms with Crippen molar-refractivity contribution in [2.45, 2.75) is 11.3 Å². The van der Waals surface area contributed by atoms with E-state index in [0.717, 1.165) is 0 Å². The Morgan fingerprint density at radius 2 is 2.15 bits per heavy atom. The quantitative estimate of drug-likeness (QED) is 0.927. The van der Waals surface area contributed by atoms with E-state index in [1.165, 1.54) is 16.6 Å². The lowest BCUT2D eigenvalue weighted by Crippen LogP contribution is -2.30. The maximum absolute atomic E-state index is 12.6. The highest BCUT2D eigenvalue weighted by molar-refractivity contribution is 7.89. The molecule has 3 rings (SSSR count).